The summed E-state index contributed by atoms with van der Waals surface area (Å²) in [6.45, 7) is 5.03. The quantitative estimate of drug-likeness (QED) is 0.609. The van der Waals surface area contributed by atoms with Crippen molar-refractivity contribution in [3.05, 3.63) is 48.5 Å². The monoisotopic (exact) mass is 459 g/mol. The van der Waals surface area contributed by atoms with Crippen LogP contribution in [0.1, 0.15) is 25.7 Å². The van der Waals surface area contributed by atoms with Gasteiger partial charge in [0.1, 0.15) is 12.4 Å². The summed E-state index contributed by atoms with van der Waals surface area (Å²) in [6, 6.07) is 15.1. The molecule has 2 aliphatic heterocycles. The van der Waals surface area contributed by atoms with E-state index in [9.17, 15) is 8.42 Å². The van der Waals surface area contributed by atoms with Gasteiger partial charge in [-0.2, -0.15) is 4.31 Å². The predicted molar refractivity (Wildman–Crippen MR) is 127 cm³/mol. The fraction of sp³-hybridized carbons (Fsp3) is 0.500. The van der Waals surface area contributed by atoms with Gasteiger partial charge < -0.3 is 19.7 Å². The third kappa shape index (κ3) is 5.74. The second-order valence-electron chi connectivity index (χ2n) is 8.18. The summed E-state index contributed by atoms with van der Waals surface area (Å²) >= 11 is 0. The Hall–Kier alpha value is -2.29. The van der Waals surface area contributed by atoms with Gasteiger partial charge in [-0.15, -0.1) is 0 Å². The number of benzene rings is 2. The van der Waals surface area contributed by atoms with Gasteiger partial charge in [-0.1, -0.05) is 25.0 Å². The van der Waals surface area contributed by atoms with Crippen LogP contribution < -0.4 is 15.0 Å². The molecule has 0 bridgehead atoms. The predicted octanol–water partition coefficient (Wildman–Crippen LogP) is 3.58. The van der Waals surface area contributed by atoms with Crippen molar-refractivity contribution in [1.29, 1.82) is 0 Å². The minimum absolute atomic E-state index is 0.288. The third-order valence-corrected chi connectivity index (χ3v) is 7.88. The van der Waals surface area contributed by atoms with Crippen LogP contribution in [0.25, 0.3) is 0 Å². The number of nitrogens with one attached hydrogen (secondary N) is 1. The SMILES string of the molecule is O=S(=O)(c1ccc(OCCNc2ccccc2N2CCCCCC2)cc1)N1CCOCC1. The largest absolute Gasteiger partial charge is 0.492 e. The molecule has 0 aromatic heterocycles. The average molecular weight is 460 g/mol. The summed E-state index contributed by atoms with van der Waals surface area (Å²) < 4.78 is 38.0. The maximum Gasteiger partial charge on any atom is 0.243 e. The van der Waals surface area contributed by atoms with Crippen LogP contribution in [0, 0.1) is 0 Å². The molecule has 0 spiro atoms. The lowest BCUT2D eigenvalue weighted by Gasteiger charge is -2.26. The third-order valence-electron chi connectivity index (χ3n) is 5.97. The lowest BCUT2D eigenvalue weighted by atomic mass is 10.2. The molecule has 0 aliphatic carbocycles. The van der Waals surface area contributed by atoms with Gasteiger partial charge in [0.2, 0.25) is 10.0 Å². The molecule has 1 N–H and O–H groups in total. The molecule has 0 amide bonds. The van der Waals surface area contributed by atoms with Crippen LogP contribution in [-0.2, 0) is 14.8 Å². The number of hydrogen-bond donors (Lipinski definition) is 1. The van der Waals surface area contributed by atoms with E-state index in [1.54, 1.807) is 24.3 Å². The van der Waals surface area contributed by atoms with Crippen LogP contribution in [0.4, 0.5) is 11.4 Å². The van der Waals surface area contributed by atoms with E-state index in [-0.39, 0.29) is 4.90 Å². The Morgan fingerprint density at radius 3 is 2.28 bits per heavy atom. The fourth-order valence-corrected chi connectivity index (χ4v) is 5.62. The molecule has 0 radical (unpaired) electrons. The Labute approximate surface area is 191 Å². The van der Waals surface area contributed by atoms with E-state index < -0.39 is 10.0 Å². The van der Waals surface area contributed by atoms with Crippen LogP contribution in [0.2, 0.25) is 0 Å². The molecular weight excluding hydrogens is 426 g/mol. The highest BCUT2D eigenvalue weighted by molar-refractivity contribution is 7.89. The molecule has 8 heteroatoms. The molecule has 0 atom stereocenters. The Morgan fingerprint density at radius 1 is 0.875 bits per heavy atom. The van der Waals surface area contributed by atoms with Crippen molar-refractivity contribution in [2.75, 3.05) is 62.8 Å². The molecule has 2 aromatic rings. The number of hydrogen-bond acceptors (Lipinski definition) is 6. The second kappa shape index (κ2) is 11.0. The van der Waals surface area contributed by atoms with E-state index in [2.05, 4.69) is 34.5 Å². The first kappa shape index (κ1) is 22.9. The van der Waals surface area contributed by atoms with Gasteiger partial charge in [-0.3, -0.25) is 0 Å². The van der Waals surface area contributed by atoms with Crippen molar-refractivity contribution >= 4 is 21.4 Å². The van der Waals surface area contributed by atoms with Gasteiger partial charge in [-0.05, 0) is 49.2 Å². The van der Waals surface area contributed by atoms with E-state index in [0.717, 1.165) is 18.8 Å². The molecular formula is C24H33N3O4S. The number of nitrogens with zero attached hydrogens (tertiary/aromatic N) is 2. The standard InChI is InChI=1S/C24H33N3O4S/c28-32(29,27-16-19-30-20-17-27)22-11-9-21(10-12-22)31-18-13-25-23-7-3-4-8-24(23)26-14-5-1-2-6-15-26/h3-4,7-12,25H,1-2,5-6,13-20H2. The zero-order valence-corrected chi connectivity index (χ0v) is 19.4. The minimum atomic E-state index is -3.48. The van der Waals surface area contributed by atoms with Crippen LogP contribution in [-0.4, -0.2) is 65.3 Å². The van der Waals surface area contributed by atoms with E-state index in [1.807, 2.05) is 0 Å². The Bertz CT molecular complexity index is 951. The van der Waals surface area contributed by atoms with Crippen molar-refractivity contribution < 1.29 is 17.9 Å². The van der Waals surface area contributed by atoms with E-state index in [1.165, 1.54) is 35.7 Å². The highest BCUT2D eigenvalue weighted by atomic mass is 32.2. The Kier molecular flexibility index (Phi) is 7.89. The van der Waals surface area contributed by atoms with Crippen molar-refractivity contribution in [2.45, 2.75) is 30.6 Å². The molecule has 32 heavy (non-hydrogen) atoms. The Balaban J connectivity index is 1.29. The van der Waals surface area contributed by atoms with Gasteiger partial charge in [0.15, 0.2) is 0 Å². The zero-order valence-electron chi connectivity index (χ0n) is 18.5. The molecule has 2 aromatic carbocycles. The lowest BCUT2D eigenvalue weighted by molar-refractivity contribution is 0.0730. The maximum absolute atomic E-state index is 12.7. The zero-order chi connectivity index (χ0) is 22.2. The molecule has 7 nitrogen and oxygen atoms in total. The van der Waals surface area contributed by atoms with Gasteiger partial charge in [0.25, 0.3) is 0 Å². The minimum Gasteiger partial charge on any atom is -0.492 e. The topological polar surface area (TPSA) is 71.1 Å². The van der Waals surface area contributed by atoms with Gasteiger partial charge in [0, 0.05) is 32.7 Å². The summed E-state index contributed by atoms with van der Waals surface area (Å²) in [5.41, 5.74) is 2.39. The first-order chi connectivity index (χ1) is 15.6. The van der Waals surface area contributed by atoms with Gasteiger partial charge in [0.05, 0.1) is 29.5 Å². The Morgan fingerprint density at radius 2 is 1.56 bits per heavy atom. The molecule has 2 heterocycles. The highest BCUT2D eigenvalue weighted by Crippen LogP contribution is 2.28. The molecule has 2 aliphatic rings. The number of ether oxygens (including phenoxy) is 2. The summed E-state index contributed by atoms with van der Waals surface area (Å²) in [4.78, 5) is 2.76. The highest BCUT2D eigenvalue weighted by Gasteiger charge is 2.26. The van der Waals surface area contributed by atoms with Crippen LogP contribution in [0.3, 0.4) is 0 Å². The molecule has 0 unspecified atom stereocenters. The molecule has 4 rings (SSSR count). The number of sulfonamides is 1. The van der Waals surface area contributed by atoms with E-state index in [0.29, 0.717) is 45.2 Å². The summed E-state index contributed by atoms with van der Waals surface area (Å²) in [6.07, 6.45) is 5.11. The molecule has 2 saturated heterocycles. The summed E-state index contributed by atoms with van der Waals surface area (Å²) in [7, 11) is -3.48. The van der Waals surface area contributed by atoms with Crippen LogP contribution in [0.5, 0.6) is 5.75 Å². The fourth-order valence-electron chi connectivity index (χ4n) is 4.21. The van der Waals surface area contributed by atoms with Crippen molar-refractivity contribution in [3.63, 3.8) is 0 Å². The molecule has 2 fully saturated rings. The van der Waals surface area contributed by atoms with Crippen molar-refractivity contribution in [2.24, 2.45) is 0 Å². The number of morpholine rings is 1. The van der Waals surface area contributed by atoms with Gasteiger partial charge in [-0.25, -0.2) is 8.42 Å². The number of para-hydroxylation sites is 2. The van der Waals surface area contributed by atoms with E-state index in [4.69, 9.17) is 9.47 Å². The normalized spacial score (nSPS) is 18.2. The van der Waals surface area contributed by atoms with E-state index >= 15 is 0 Å². The van der Waals surface area contributed by atoms with Crippen molar-refractivity contribution in [3.8, 4) is 5.75 Å². The maximum atomic E-state index is 12.7. The first-order valence-electron chi connectivity index (χ1n) is 11.5. The average Bonchev–Trinajstić information content (AvgIpc) is 3.13. The second-order valence-corrected chi connectivity index (χ2v) is 10.1. The van der Waals surface area contributed by atoms with Gasteiger partial charge >= 0.3 is 0 Å². The smallest absolute Gasteiger partial charge is 0.243 e. The van der Waals surface area contributed by atoms with Crippen LogP contribution >= 0.6 is 0 Å². The first-order valence-corrected chi connectivity index (χ1v) is 13.0. The number of rotatable bonds is 8. The van der Waals surface area contributed by atoms with Crippen LogP contribution in [0.15, 0.2) is 53.4 Å². The summed E-state index contributed by atoms with van der Waals surface area (Å²) in [5.74, 6) is 0.661. The molecule has 174 valence electrons. The van der Waals surface area contributed by atoms with Crippen molar-refractivity contribution in [1.82, 2.24) is 4.31 Å². The summed E-state index contributed by atoms with van der Waals surface area (Å²) in [5, 5.41) is 3.50. The lowest BCUT2D eigenvalue weighted by Crippen LogP contribution is -2.40. The number of anilines is 2. The molecule has 0 saturated carbocycles.